The van der Waals surface area contributed by atoms with Gasteiger partial charge in [-0.25, -0.2) is 4.98 Å². The third kappa shape index (κ3) is 1.88. The van der Waals surface area contributed by atoms with E-state index in [0.29, 0.717) is 12.2 Å². The molecule has 2 aliphatic heterocycles. The number of morpholine rings is 1. The number of benzene rings is 1. The van der Waals surface area contributed by atoms with Gasteiger partial charge in [0.25, 0.3) is 0 Å². The smallest absolute Gasteiger partial charge is 0.0907 e. The van der Waals surface area contributed by atoms with E-state index in [4.69, 9.17) is 10.5 Å². The fraction of sp³-hybridized carbons (Fsp3) is 0.500. The first-order chi connectivity index (χ1) is 9.19. The molecule has 2 fully saturated rings. The molecule has 2 aromatic rings. The summed E-state index contributed by atoms with van der Waals surface area (Å²) in [5.74, 6) is 0. The summed E-state index contributed by atoms with van der Waals surface area (Å²) in [6, 6.07) is 4.20. The molecule has 2 saturated heterocycles. The van der Waals surface area contributed by atoms with Gasteiger partial charge in [-0.05, 0) is 31.9 Å². The first-order valence-electron chi connectivity index (χ1n) is 6.76. The van der Waals surface area contributed by atoms with Crippen molar-refractivity contribution in [1.29, 1.82) is 0 Å². The lowest BCUT2D eigenvalue weighted by molar-refractivity contribution is 0.0305. The van der Waals surface area contributed by atoms with Crippen LogP contribution in [0.2, 0.25) is 0 Å². The molecule has 4 rings (SSSR count). The minimum atomic E-state index is 0.381. The van der Waals surface area contributed by atoms with Gasteiger partial charge in [0.1, 0.15) is 0 Å². The van der Waals surface area contributed by atoms with Gasteiger partial charge in [0.2, 0.25) is 0 Å². The first kappa shape index (κ1) is 11.5. The Morgan fingerprint density at radius 1 is 1.32 bits per heavy atom. The van der Waals surface area contributed by atoms with E-state index in [-0.39, 0.29) is 0 Å². The topological polar surface area (TPSA) is 51.4 Å². The van der Waals surface area contributed by atoms with Crippen LogP contribution in [-0.2, 0) is 4.74 Å². The molecule has 1 aromatic heterocycles. The van der Waals surface area contributed by atoms with E-state index >= 15 is 0 Å². The van der Waals surface area contributed by atoms with Gasteiger partial charge in [0.05, 0.1) is 38.8 Å². The summed E-state index contributed by atoms with van der Waals surface area (Å²) in [5.41, 5.74) is 9.28. The number of aromatic nitrogens is 1. The Morgan fingerprint density at radius 2 is 2.05 bits per heavy atom. The molecule has 2 atom stereocenters. The molecule has 5 heteroatoms. The van der Waals surface area contributed by atoms with E-state index < -0.39 is 0 Å². The average Bonchev–Trinajstić information content (AvgIpc) is 2.89. The Balaban J connectivity index is 1.75. The van der Waals surface area contributed by atoms with E-state index in [1.807, 2.05) is 6.92 Å². The summed E-state index contributed by atoms with van der Waals surface area (Å²) >= 11 is 1.70. The summed E-state index contributed by atoms with van der Waals surface area (Å²) in [4.78, 5) is 6.94. The Morgan fingerprint density at radius 3 is 2.79 bits per heavy atom. The van der Waals surface area contributed by atoms with E-state index in [1.165, 1.54) is 17.5 Å². The van der Waals surface area contributed by atoms with Crippen LogP contribution in [0.25, 0.3) is 10.2 Å². The standard InChI is InChI=1S/C14H17N3OS/c1-8-16-12-5-13(11(15)4-14(12)19-8)17-6-9-2-3-10(7-17)18-9/h4-5,9-10H,2-3,6-7,15H2,1H3. The van der Waals surface area contributed by atoms with Crippen molar-refractivity contribution >= 4 is 32.9 Å². The van der Waals surface area contributed by atoms with Crippen molar-refractivity contribution in [3.8, 4) is 0 Å². The molecule has 0 spiro atoms. The first-order valence-corrected chi connectivity index (χ1v) is 7.58. The minimum Gasteiger partial charge on any atom is -0.397 e. The van der Waals surface area contributed by atoms with Gasteiger partial charge in [0.15, 0.2) is 0 Å². The van der Waals surface area contributed by atoms with Crippen LogP contribution < -0.4 is 10.6 Å². The molecule has 0 saturated carbocycles. The Bertz CT molecular complexity index is 627. The lowest BCUT2D eigenvalue weighted by atomic mass is 10.2. The predicted molar refractivity (Wildman–Crippen MR) is 78.9 cm³/mol. The van der Waals surface area contributed by atoms with Crippen LogP contribution in [0, 0.1) is 6.92 Å². The second kappa shape index (κ2) is 4.08. The van der Waals surface area contributed by atoms with Gasteiger partial charge in [-0.3, -0.25) is 0 Å². The molecule has 2 aliphatic rings. The zero-order valence-corrected chi connectivity index (χ0v) is 11.7. The fourth-order valence-electron chi connectivity index (χ4n) is 3.18. The zero-order valence-electron chi connectivity index (χ0n) is 10.9. The number of thiazole rings is 1. The second-order valence-corrected chi connectivity index (χ2v) is 6.71. The normalized spacial score (nSPS) is 26.3. The SMILES string of the molecule is Cc1nc2cc(N3CC4CCC(C3)O4)c(N)cc2s1. The molecule has 2 bridgehead atoms. The van der Waals surface area contributed by atoms with Gasteiger partial charge >= 0.3 is 0 Å². The largest absolute Gasteiger partial charge is 0.397 e. The van der Waals surface area contributed by atoms with Crippen LogP contribution >= 0.6 is 11.3 Å². The summed E-state index contributed by atoms with van der Waals surface area (Å²) in [7, 11) is 0. The van der Waals surface area contributed by atoms with Crippen molar-refractivity contribution in [2.75, 3.05) is 23.7 Å². The van der Waals surface area contributed by atoms with Crippen LogP contribution in [-0.4, -0.2) is 30.3 Å². The van der Waals surface area contributed by atoms with Gasteiger partial charge in [-0.2, -0.15) is 0 Å². The van der Waals surface area contributed by atoms with E-state index in [9.17, 15) is 0 Å². The molecular formula is C14H17N3OS. The third-order valence-electron chi connectivity index (χ3n) is 4.03. The molecule has 3 heterocycles. The maximum absolute atomic E-state index is 6.23. The predicted octanol–water partition coefficient (Wildman–Crippen LogP) is 2.55. The second-order valence-electron chi connectivity index (χ2n) is 5.47. The molecule has 2 N–H and O–H groups in total. The maximum atomic E-state index is 6.23. The fourth-order valence-corrected chi connectivity index (χ4v) is 4.04. The number of aryl methyl sites for hydroxylation is 1. The Kier molecular flexibility index (Phi) is 2.47. The molecule has 0 amide bonds. The lowest BCUT2D eigenvalue weighted by Gasteiger charge is -2.34. The zero-order chi connectivity index (χ0) is 13.0. The molecule has 100 valence electrons. The van der Waals surface area contributed by atoms with Gasteiger partial charge in [-0.1, -0.05) is 0 Å². The molecule has 2 unspecified atom stereocenters. The highest BCUT2D eigenvalue weighted by atomic mass is 32.1. The van der Waals surface area contributed by atoms with Crippen molar-refractivity contribution in [2.24, 2.45) is 0 Å². The number of anilines is 2. The number of nitrogens with two attached hydrogens (primary N) is 1. The highest BCUT2D eigenvalue weighted by Gasteiger charge is 2.34. The Labute approximate surface area is 116 Å². The molecule has 0 radical (unpaired) electrons. The Hall–Kier alpha value is -1.33. The van der Waals surface area contributed by atoms with Crippen LogP contribution in [0.3, 0.4) is 0 Å². The highest BCUT2D eigenvalue weighted by Crippen LogP contribution is 2.36. The third-order valence-corrected chi connectivity index (χ3v) is 4.96. The summed E-state index contributed by atoms with van der Waals surface area (Å²) < 4.78 is 7.06. The number of nitrogens with zero attached hydrogens (tertiary/aromatic N) is 2. The maximum Gasteiger partial charge on any atom is 0.0907 e. The van der Waals surface area contributed by atoms with Crippen LogP contribution in [0.1, 0.15) is 17.8 Å². The lowest BCUT2D eigenvalue weighted by Crippen LogP contribution is -2.42. The summed E-state index contributed by atoms with van der Waals surface area (Å²) in [6.07, 6.45) is 3.12. The summed E-state index contributed by atoms with van der Waals surface area (Å²) in [5, 5.41) is 1.09. The monoisotopic (exact) mass is 275 g/mol. The van der Waals surface area contributed by atoms with Gasteiger partial charge in [-0.15, -0.1) is 11.3 Å². The molecule has 19 heavy (non-hydrogen) atoms. The molecular weight excluding hydrogens is 258 g/mol. The van der Waals surface area contributed by atoms with Crippen LogP contribution in [0.4, 0.5) is 11.4 Å². The molecule has 4 nitrogen and oxygen atoms in total. The minimum absolute atomic E-state index is 0.381. The van der Waals surface area contributed by atoms with Crippen molar-refractivity contribution in [1.82, 2.24) is 4.98 Å². The van der Waals surface area contributed by atoms with Crippen LogP contribution in [0.5, 0.6) is 0 Å². The number of rotatable bonds is 1. The number of nitrogen functional groups attached to an aromatic ring is 1. The number of hydrogen-bond acceptors (Lipinski definition) is 5. The molecule has 0 aliphatic carbocycles. The number of ether oxygens (including phenoxy) is 1. The van der Waals surface area contributed by atoms with E-state index in [0.717, 1.165) is 35.0 Å². The van der Waals surface area contributed by atoms with Crippen molar-refractivity contribution in [3.63, 3.8) is 0 Å². The van der Waals surface area contributed by atoms with Gasteiger partial charge < -0.3 is 15.4 Å². The van der Waals surface area contributed by atoms with E-state index in [2.05, 4.69) is 22.0 Å². The van der Waals surface area contributed by atoms with Gasteiger partial charge in [0, 0.05) is 13.1 Å². The quantitative estimate of drug-likeness (QED) is 0.813. The average molecular weight is 275 g/mol. The van der Waals surface area contributed by atoms with Crippen molar-refractivity contribution < 1.29 is 4.74 Å². The van der Waals surface area contributed by atoms with E-state index in [1.54, 1.807) is 11.3 Å². The number of fused-ring (bicyclic) bond motifs is 3. The van der Waals surface area contributed by atoms with Crippen LogP contribution in [0.15, 0.2) is 12.1 Å². The molecule has 1 aromatic carbocycles. The highest BCUT2D eigenvalue weighted by molar-refractivity contribution is 7.18. The summed E-state index contributed by atoms with van der Waals surface area (Å²) in [6.45, 7) is 3.94. The number of hydrogen-bond donors (Lipinski definition) is 1. The van der Waals surface area contributed by atoms with Crippen molar-refractivity contribution in [3.05, 3.63) is 17.1 Å². The van der Waals surface area contributed by atoms with Crippen molar-refractivity contribution in [2.45, 2.75) is 32.0 Å².